The predicted octanol–water partition coefficient (Wildman–Crippen LogP) is 4.07. The van der Waals surface area contributed by atoms with Crippen LogP contribution in [0.1, 0.15) is 12.0 Å². The number of carbonyl (C=O) groups is 2. The summed E-state index contributed by atoms with van der Waals surface area (Å²) in [5.41, 5.74) is 1.43. The van der Waals surface area contributed by atoms with Gasteiger partial charge in [-0.25, -0.2) is 0 Å². The lowest BCUT2D eigenvalue weighted by Crippen LogP contribution is -2.34. The molecule has 0 N–H and O–H groups in total. The van der Waals surface area contributed by atoms with Crippen LogP contribution in [0.3, 0.4) is 0 Å². The molecule has 0 saturated carbocycles. The van der Waals surface area contributed by atoms with Gasteiger partial charge in [-0.3, -0.25) is 9.59 Å². The second kappa shape index (κ2) is 9.42. The maximum Gasteiger partial charge on any atom is 0.387 e. The summed E-state index contributed by atoms with van der Waals surface area (Å²) in [5, 5.41) is 0. The monoisotopic (exact) mass is 482 g/mol. The van der Waals surface area contributed by atoms with E-state index in [0.29, 0.717) is 12.1 Å². The molecule has 1 aliphatic rings. The topological polar surface area (TPSA) is 59.1 Å². The maximum atomic E-state index is 12.9. The highest BCUT2D eigenvalue weighted by Gasteiger charge is 2.37. The van der Waals surface area contributed by atoms with Crippen molar-refractivity contribution in [2.45, 2.75) is 19.6 Å². The molecule has 0 radical (unpaired) electrons. The zero-order valence-corrected chi connectivity index (χ0v) is 18.1. The number of carbonyl (C=O) groups excluding carboxylic acids is 2. The van der Waals surface area contributed by atoms with Gasteiger partial charge in [0.25, 0.3) is 0 Å². The van der Waals surface area contributed by atoms with E-state index in [1.807, 2.05) is 24.3 Å². The van der Waals surface area contributed by atoms with Gasteiger partial charge >= 0.3 is 6.61 Å². The Hall–Kier alpha value is -2.68. The predicted molar refractivity (Wildman–Crippen MR) is 111 cm³/mol. The van der Waals surface area contributed by atoms with E-state index in [1.54, 1.807) is 24.1 Å². The molecule has 9 heteroatoms. The summed E-state index contributed by atoms with van der Waals surface area (Å²) in [6, 6.07) is 11.9. The van der Waals surface area contributed by atoms with Gasteiger partial charge in [0, 0.05) is 31.0 Å². The first-order valence-corrected chi connectivity index (χ1v) is 10.0. The van der Waals surface area contributed by atoms with Crippen LogP contribution < -0.4 is 14.4 Å². The molecule has 1 fully saturated rings. The van der Waals surface area contributed by atoms with E-state index < -0.39 is 12.5 Å². The number of hydrogen-bond acceptors (Lipinski definition) is 4. The minimum Gasteiger partial charge on any atom is -0.493 e. The summed E-state index contributed by atoms with van der Waals surface area (Å²) < 4.78 is 35.2. The van der Waals surface area contributed by atoms with Gasteiger partial charge in [0.2, 0.25) is 11.8 Å². The third-order valence-electron chi connectivity index (χ3n) is 4.86. The summed E-state index contributed by atoms with van der Waals surface area (Å²) in [4.78, 5) is 28.5. The summed E-state index contributed by atoms with van der Waals surface area (Å²) in [6.07, 6.45) is 0.134. The van der Waals surface area contributed by atoms with Crippen molar-refractivity contribution in [2.75, 3.05) is 25.6 Å². The van der Waals surface area contributed by atoms with Gasteiger partial charge in [-0.15, -0.1) is 0 Å². The minimum absolute atomic E-state index is 0.0734. The Balaban J connectivity index is 1.68. The summed E-state index contributed by atoms with van der Waals surface area (Å²) >= 11 is 3.44. The number of rotatable bonds is 7. The molecule has 160 valence electrons. The van der Waals surface area contributed by atoms with Crippen LogP contribution >= 0.6 is 15.9 Å². The van der Waals surface area contributed by atoms with E-state index in [1.165, 1.54) is 18.1 Å². The zero-order chi connectivity index (χ0) is 21.8. The standard InChI is InChI=1S/C21H21BrF2N2O4/c1-25(11-13-7-8-17(30-21(23)24)18(9-13)29-2)20(28)14-10-19(27)26(12-14)16-6-4-3-5-15(16)22/h3-9,14,21H,10-12H2,1-2H3. The smallest absolute Gasteiger partial charge is 0.387 e. The molecule has 2 aromatic rings. The van der Waals surface area contributed by atoms with Crippen molar-refractivity contribution in [3.63, 3.8) is 0 Å². The Morgan fingerprint density at radius 2 is 2.00 bits per heavy atom. The normalized spacial score (nSPS) is 16.1. The van der Waals surface area contributed by atoms with Gasteiger partial charge in [0.05, 0.1) is 18.7 Å². The first kappa shape index (κ1) is 22.0. The highest BCUT2D eigenvalue weighted by Crippen LogP contribution is 2.33. The van der Waals surface area contributed by atoms with E-state index >= 15 is 0 Å². The van der Waals surface area contributed by atoms with Crippen LogP contribution in [0.4, 0.5) is 14.5 Å². The summed E-state index contributed by atoms with van der Waals surface area (Å²) in [6.45, 7) is -2.42. The number of nitrogens with zero attached hydrogens (tertiary/aromatic N) is 2. The van der Waals surface area contributed by atoms with Crippen molar-refractivity contribution in [3.05, 3.63) is 52.5 Å². The third-order valence-corrected chi connectivity index (χ3v) is 5.53. The van der Waals surface area contributed by atoms with Gasteiger partial charge in [0.15, 0.2) is 11.5 Å². The van der Waals surface area contributed by atoms with Crippen molar-refractivity contribution in [2.24, 2.45) is 5.92 Å². The Morgan fingerprint density at radius 3 is 2.67 bits per heavy atom. The third kappa shape index (κ3) is 4.89. The molecule has 0 aromatic heterocycles. The molecular formula is C21H21BrF2N2O4. The molecule has 2 amide bonds. The van der Waals surface area contributed by atoms with Crippen LogP contribution in [0.2, 0.25) is 0 Å². The van der Waals surface area contributed by atoms with Crippen LogP contribution in [-0.4, -0.2) is 44.0 Å². The fraction of sp³-hybridized carbons (Fsp3) is 0.333. The molecule has 3 rings (SSSR count). The van der Waals surface area contributed by atoms with E-state index in [4.69, 9.17) is 4.74 Å². The zero-order valence-electron chi connectivity index (χ0n) is 16.5. The van der Waals surface area contributed by atoms with Gasteiger partial charge in [-0.05, 0) is 45.8 Å². The second-order valence-electron chi connectivity index (χ2n) is 6.91. The van der Waals surface area contributed by atoms with Gasteiger partial charge in [-0.1, -0.05) is 18.2 Å². The SMILES string of the molecule is COc1cc(CN(C)C(=O)C2CC(=O)N(c3ccccc3Br)C2)ccc1OC(F)F. The highest BCUT2D eigenvalue weighted by atomic mass is 79.9. The van der Waals surface area contributed by atoms with E-state index in [9.17, 15) is 18.4 Å². The van der Waals surface area contributed by atoms with Gasteiger partial charge in [-0.2, -0.15) is 8.78 Å². The number of amides is 2. The first-order valence-electron chi connectivity index (χ1n) is 9.21. The highest BCUT2D eigenvalue weighted by molar-refractivity contribution is 9.10. The Bertz CT molecular complexity index is 941. The van der Waals surface area contributed by atoms with Crippen molar-refractivity contribution < 1.29 is 27.8 Å². The average molecular weight is 483 g/mol. The Morgan fingerprint density at radius 1 is 1.27 bits per heavy atom. The molecule has 1 atom stereocenters. The number of para-hydroxylation sites is 1. The number of anilines is 1. The number of benzene rings is 2. The first-order chi connectivity index (χ1) is 14.3. The molecule has 30 heavy (non-hydrogen) atoms. The van der Waals surface area contributed by atoms with Crippen LogP contribution in [0.5, 0.6) is 11.5 Å². The number of hydrogen-bond donors (Lipinski definition) is 0. The summed E-state index contributed by atoms with van der Waals surface area (Å²) in [7, 11) is 3.00. The molecule has 2 aromatic carbocycles. The fourth-order valence-electron chi connectivity index (χ4n) is 3.44. The molecule has 0 spiro atoms. The van der Waals surface area contributed by atoms with Gasteiger partial charge in [0.1, 0.15) is 0 Å². The molecule has 1 saturated heterocycles. The molecule has 6 nitrogen and oxygen atoms in total. The molecule has 1 aliphatic heterocycles. The van der Waals surface area contributed by atoms with E-state index in [-0.39, 0.29) is 36.3 Å². The van der Waals surface area contributed by atoms with Crippen LogP contribution in [0.25, 0.3) is 0 Å². The maximum absolute atomic E-state index is 12.9. The van der Waals surface area contributed by atoms with Crippen LogP contribution in [0, 0.1) is 5.92 Å². The van der Waals surface area contributed by atoms with Crippen molar-refractivity contribution in [1.29, 1.82) is 0 Å². The Labute approximate surface area is 181 Å². The van der Waals surface area contributed by atoms with Gasteiger partial charge < -0.3 is 19.3 Å². The quantitative estimate of drug-likeness (QED) is 0.596. The number of halogens is 3. The van der Waals surface area contributed by atoms with Crippen LogP contribution in [-0.2, 0) is 16.1 Å². The molecule has 0 bridgehead atoms. The van der Waals surface area contributed by atoms with Crippen LogP contribution in [0.15, 0.2) is 46.9 Å². The summed E-state index contributed by atoms with van der Waals surface area (Å²) in [5.74, 6) is -0.646. The fourth-order valence-corrected chi connectivity index (χ4v) is 3.94. The molecular weight excluding hydrogens is 462 g/mol. The lowest BCUT2D eigenvalue weighted by molar-refractivity contribution is -0.135. The molecule has 1 heterocycles. The lowest BCUT2D eigenvalue weighted by atomic mass is 10.1. The Kier molecular flexibility index (Phi) is 6.91. The lowest BCUT2D eigenvalue weighted by Gasteiger charge is -2.22. The average Bonchev–Trinajstić information content (AvgIpc) is 3.09. The number of methoxy groups -OCH3 is 1. The number of ether oxygens (including phenoxy) is 2. The van der Waals surface area contributed by atoms with Crippen molar-refractivity contribution in [1.82, 2.24) is 4.90 Å². The minimum atomic E-state index is -2.96. The van der Waals surface area contributed by atoms with E-state index in [0.717, 1.165) is 10.2 Å². The van der Waals surface area contributed by atoms with E-state index in [2.05, 4.69) is 20.7 Å². The molecule has 0 aliphatic carbocycles. The van der Waals surface area contributed by atoms with Crippen molar-refractivity contribution in [3.8, 4) is 11.5 Å². The largest absolute Gasteiger partial charge is 0.493 e. The second-order valence-corrected chi connectivity index (χ2v) is 7.77. The van der Waals surface area contributed by atoms with Crippen molar-refractivity contribution >= 4 is 33.4 Å². The molecule has 1 unspecified atom stereocenters. The number of alkyl halides is 2.